The van der Waals surface area contributed by atoms with E-state index in [9.17, 15) is 4.79 Å². The molecule has 1 N–H and O–H groups in total. The van der Waals surface area contributed by atoms with Crippen LogP contribution in [-0.4, -0.2) is 11.1 Å². The van der Waals surface area contributed by atoms with Crippen LogP contribution in [-0.2, 0) is 11.4 Å². The number of ether oxygens (including phenoxy) is 1. The molecule has 0 atom stereocenters. The van der Waals surface area contributed by atoms with Crippen LogP contribution in [0.3, 0.4) is 0 Å². The topological polar surface area (TPSA) is 70.3 Å². The van der Waals surface area contributed by atoms with Crippen molar-refractivity contribution in [3.05, 3.63) is 68.7 Å². The quantitative estimate of drug-likeness (QED) is 0.593. The minimum absolute atomic E-state index is 0.310. The van der Waals surface area contributed by atoms with Gasteiger partial charge in [-0.05, 0) is 42.0 Å². The average molecular weight is 393 g/mol. The standard InChI is InChI=1S/C17H11BrClNO3/c18-14-3-1-11(2-4-14)10-23-16-6-5-15(19)8-12(16)7-13(9-20)17(21)22/h1-8H,10H2,(H,21,22). The average Bonchev–Trinajstić information content (AvgIpc) is 2.53. The van der Waals surface area contributed by atoms with E-state index in [0.717, 1.165) is 10.0 Å². The molecular weight excluding hydrogens is 382 g/mol. The number of benzene rings is 2. The molecule has 0 aromatic heterocycles. The second-order valence-corrected chi connectivity index (χ2v) is 5.92. The lowest BCUT2D eigenvalue weighted by atomic mass is 10.1. The van der Waals surface area contributed by atoms with Gasteiger partial charge >= 0.3 is 5.97 Å². The molecule has 0 bridgehead atoms. The lowest BCUT2D eigenvalue weighted by Crippen LogP contribution is -2.00. The van der Waals surface area contributed by atoms with Crippen LogP contribution in [0.5, 0.6) is 5.75 Å². The Balaban J connectivity index is 2.27. The zero-order valence-corrected chi connectivity index (χ0v) is 14.1. The van der Waals surface area contributed by atoms with Crippen molar-refractivity contribution in [1.82, 2.24) is 0 Å². The summed E-state index contributed by atoms with van der Waals surface area (Å²) in [5.74, 6) is -0.849. The second-order valence-electron chi connectivity index (χ2n) is 4.57. The van der Waals surface area contributed by atoms with Gasteiger partial charge in [0.05, 0.1) is 0 Å². The number of nitrogens with zero attached hydrogens (tertiary/aromatic N) is 1. The molecule has 116 valence electrons. The van der Waals surface area contributed by atoms with E-state index in [0.29, 0.717) is 22.9 Å². The summed E-state index contributed by atoms with van der Waals surface area (Å²) < 4.78 is 6.69. The van der Waals surface area contributed by atoms with Crippen molar-refractivity contribution < 1.29 is 14.6 Å². The van der Waals surface area contributed by atoms with E-state index in [4.69, 9.17) is 26.7 Å². The molecule has 2 rings (SSSR count). The highest BCUT2D eigenvalue weighted by molar-refractivity contribution is 9.10. The number of halogens is 2. The highest BCUT2D eigenvalue weighted by atomic mass is 79.9. The van der Waals surface area contributed by atoms with Crippen LogP contribution in [0.4, 0.5) is 0 Å². The van der Waals surface area contributed by atoms with Crippen molar-refractivity contribution in [3.8, 4) is 11.8 Å². The Morgan fingerprint density at radius 3 is 2.61 bits per heavy atom. The maximum Gasteiger partial charge on any atom is 0.346 e. The van der Waals surface area contributed by atoms with Crippen molar-refractivity contribution in [2.75, 3.05) is 0 Å². The zero-order chi connectivity index (χ0) is 16.8. The Kier molecular flexibility index (Phi) is 5.80. The summed E-state index contributed by atoms with van der Waals surface area (Å²) in [6.45, 7) is 0.310. The number of hydrogen-bond acceptors (Lipinski definition) is 3. The number of aliphatic carboxylic acids is 1. The summed E-state index contributed by atoms with van der Waals surface area (Å²) in [5, 5.41) is 18.3. The molecule has 2 aromatic carbocycles. The minimum atomic E-state index is -1.30. The van der Waals surface area contributed by atoms with Crippen molar-refractivity contribution in [1.29, 1.82) is 5.26 Å². The Labute approximate surface area is 146 Å². The van der Waals surface area contributed by atoms with Crippen LogP contribution in [0.25, 0.3) is 6.08 Å². The fourth-order valence-electron chi connectivity index (χ4n) is 1.80. The smallest absolute Gasteiger partial charge is 0.346 e. The Hall–Kier alpha value is -2.29. The van der Waals surface area contributed by atoms with Gasteiger partial charge in [0, 0.05) is 15.1 Å². The molecular formula is C17H11BrClNO3. The van der Waals surface area contributed by atoms with E-state index in [2.05, 4.69) is 15.9 Å². The van der Waals surface area contributed by atoms with E-state index in [-0.39, 0.29) is 5.57 Å². The molecule has 23 heavy (non-hydrogen) atoms. The van der Waals surface area contributed by atoms with Gasteiger partial charge in [0.2, 0.25) is 0 Å². The molecule has 0 spiro atoms. The molecule has 4 nitrogen and oxygen atoms in total. The summed E-state index contributed by atoms with van der Waals surface area (Å²) in [5.41, 5.74) is 1.01. The van der Waals surface area contributed by atoms with Crippen LogP contribution >= 0.6 is 27.5 Å². The van der Waals surface area contributed by atoms with Crippen molar-refractivity contribution >= 4 is 39.6 Å². The Morgan fingerprint density at radius 2 is 2.00 bits per heavy atom. The summed E-state index contributed by atoms with van der Waals surface area (Å²) in [7, 11) is 0. The van der Waals surface area contributed by atoms with E-state index >= 15 is 0 Å². The summed E-state index contributed by atoms with van der Waals surface area (Å²) in [6.07, 6.45) is 1.24. The van der Waals surface area contributed by atoms with Gasteiger partial charge in [-0.25, -0.2) is 4.79 Å². The van der Waals surface area contributed by atoms with E-state index in [1.165, 1.54) is 6.08 Å². The maximum absolute atomic E-state index is 11.0. The van der Waals surface area contributed by atoms with E-state index in [1.807, 2.05) is 24.3 Å². The summed E-state index contributed by atoms with van der Waals surface area (Å²) in [4.78, 5) is 11.0. The first-order valence-corrected chi connectivity index (χ1v) is 7.68. The van der Waals surface area contributed by atoms with E-state index < -0.39 is 5.97 Å². The van der Waals surface area contributed by atoms with Gasteiger partial charge in [-0.15, -0.1) is 0 Å². The number of rotatable bonds is 5. The van der Waals surface area contributed by atoms with Crippen molar-refractivity contribution in [2.24, 2.45) is 0 Å². The van der Waals surface area contributed by atoms with Crippen molar-refractivity contribution in [3.63, 3.8) is 0 Å². The molecule has 0 heterocycles. The number of hydrogen-bond donors (Lipinski definition) is 1. The molecule has 0 aliphatic rings. The third-order valence-corrected chi connectivity index (χ3v) is 3.69. The number of carbonyl (C=O) groups is 1. The van der Waals surface area contributed by atoms with Crippen LogP contribution < -0.4 is 4.74 Å². The molecule has 0 saturated carbocycles. The third kappa shape index (κ3) is 4.85. The van der Waals surface area contributed by atoms with Gasteiger partial charge in [-0.2, -0.15) is 5.26 Å². The van der Waals surface area contributed by atoms with Gasteiger partial charge in [0.15, 0.2) is 0 Å². The van der Waals surface area contributed by atoms with Gasteiger partial charge in [0.1, 0.15) is 24.0 Å². The molecule has 6 heteroatoms. The lowest BCUT2D eigenvalue weighted by Gasteiger charge is -2.10. The highest BCUT2D eigenvalue weighted by Gasteiger charge is 2.10. The van der Waals surface area contributed by atoms with Gasteiger partial charge in [-0.3, -0.25) is 0 Å². The maximum atomic E-state index is 11.0. The molecule has 0 radical (unpaired) electrons. The fourth-order valence-corrected chi connectivity index (χ4v) is 2.25. The first-order valence-electron chi connectivity index (χ1n) is 6.51. The molecule has 0 aliphatic carbocycles. The second kappa shape index (κ2) is 7.82. The van der Waals surface area contributed by atoms with Crippen LogP contribution in [0, 0.1) is 11.3 Å². The van der Waals surface area contributed by atoms with Gasteiger partial charge < -0.3 is 9.84 Å². The normalized spacial score (nSPS) is 10.9. The molecule has 0 unspecified atom stereocenters. The molecule has 0 amide bonds. The summed E-state index contributed by atoms with van der Waals surface area (Å²) >= 11 is 9.30. The number of carboxylic acid groups (broad SMARTS) is 1. The lowest BCUT2D eigenvalue weighted by molar-refractivity contribution is -0.132. The monoisotopic (exact) mass is 391 g/mol. The van der Waals surface area contributed by atoms with Gasteiger partial charge in [-0.1, -0.05) is 39.7 Å². The van der Waals surface area contributed by atoms with Gasteiger partial charge in [0.25, 0.3) is 0 Å². The minimum Gasteiger partial charge on any atom is -0.488 e. The zero-order valence-electron chi connectivity index (χ0n) is 11.8. The SMILES string of the molecule is N#CC(=Cc1cc(Cl)ccc1OCc1ccc(Br)cc1)C(=O)O. The van der Waals surface area contributed by atoms with Crippen LogP contribution in [0.15, 0.2) is 52.5 Å². The largest absolute Gasteiger partial charge is 0.488 e. The number of carboxylic acids is 1. The molecule has 2 aromatic rings. The molecule has 0 saturated heterocycles. The first-order chi connectivity index (χ1) is 11.0. The fraction of sp³-hybridized carbons (Fsp3) is 0.0588. The Morgan fingerprint density at radius 1 is 1.30 bits per heavy atom. The van der Waals surface area contributed by atoms with Crippen LogP contribution in [0.2, 0.25) is 5.02 Å². The van der Waals surface area contributed by atoms with Crippen LogP contribution in [0.1, 0.15) is 11.1 Å². The Bertz CT molecular complexity index is 794. The first kappa shape index (κ1) is 17.1. The predicted octanol–water partition coefficient (Wildman–Crippen LogP) is 4.67. The third-order valence-electron chi connectivity index (χ3n) is 2.93. The predicted molar refractivity (Wildman–Crippen MR) is 91.2 cm³/mol. The van der Waals surface area contributed by atoms with Crippen molar-refractivity contribution in [2.45, 2.75) is 6.61 Å². The molecule has 0 aliphatic heterocycles. The summed E-state index contributed by atoms with van der Waals surface area (Å²) in [6, 6.07) is 14.1. The molecule has 0 fully saturated rings. The number of nitriles is 1. The highest BCUT2D eigenvalue weighted by Crippen LogP contribution is 2.26. The van der Waals surface area contributed by atoms with E-state index in [1.54, 1.807) is 24.3 Å².